The Hall–Kier alpha value is 0.350. The summed E-state index contributed by atoms with van der Waals surface area (Å²) < 4.78 is 0. The van der Waals surface area contributed by atoms with Crippen molar-refractivity contribution in [3.05, 3.63) is 0 Å². The average molecular weight is 190 g/mol. The van der Waals surface area contributed by atoms with Crippen LogP contribution in [0, 0.1) is 0 Å². The number of rotatable bonds is 6. The minimum atomic E-state index is -0.140. The normalized spacial score (nSPS) is 12.0. The molecule has 0 saturated carbocycles. The highest BCUT2D eigenvalue weighted by atomic mass is 31.1. The molecule has 0 rings (SSSR count). The molecule has 0 saturated heterocycles. The van der Waals surface area contributed by atoms with Gasteiger partial charge in [-0.2, -0.15) is 0 Å². The molecule has 3 heteroatoms. The van der Waals surface area contributed by atoms with Crippen LogP contribution in [0.3, 0.4) is 0 Å². The molecule has 0 amide bonds. The Morgan fingerprint density at radius 1 is 1.00 bits per heavy atom. The second-order valence-electron chi connectivity index (χ2n) is 3.72. The van der Waals surface area contributed by atoms with Crippen LogP contribution in [0.15, 0.2) is 0 Å². The fraction of sp³-hybridized carbons (Fsp3) is 1.00. The van der Waals surface area contributed by atoms with Crippen LogP contribution in [0.1, 0.15) is 41.0 Å². The van der Waals surface area contributed by atoms with E-state index in [1.807, 2.05) is 0 Å². The molecule has 0 aliphatic carbocycles. The molecule has 0 aromatic rings. The molecule has 2 nitrogen and oxygen atoms in total. The molecule has 12 heavy (non-hydrogen) atoms. The molecular weight excluding hydrogens is 167 g/mol. The molecule has 0 unspecified atom stereocenters. The first-order valence-electron chi connectivity index (χ1n) is 4.86. The predicted molar refractivity (Wildman–Crippen MR) is 58.6 cm³/mol. The lowest BCUT2D eigenvalue weighted by atomic mass is 10.4. The van der Waals surface area contributed by atoms with Gasteiger partial charge < -0.3 is 0 Å². The second kappa shape index (κ2) is 6.82. The van der Waals surface area contributed by atoms with Gasteiger partial charge in [-0.25, -0.2) is 0 Å². The molecule has 0 fully saturated rings. The van der Waals surface area contributed by atoms with Crippen LogP contribution in [0.2, 0.25) is 0 Å². The highest BCUT2D eigenvalue weighted by molar-refractivity contribution is 7.53. The van der Waals surface area contributed by atoms with Crippen LogP contribution < -0.4 is 10.2 Å². The molecule has 0 radical (unpaired) electrons. The van der Waals surface area contributed by atoms with Crippen LogP contribution >= 0.6 is 8.22 Å². The van der Waals surface area contributed by atoms with Crippen molar-refractivity contribution < 1.29 is 0 Å². The highest BCUT2D eigenvalue weighted by Crippen LogP contribution is 2.27. The molecule has 0 heterocycles. The van der Waals surface area contributed by atoms with E-state index in [1.165, 1.54) is 12.6 Å². The van der Waals surface area contributed by atoms with Crippen molar-refractivity contribution in [3.8, 4) is 0 Å². The summed E-state index contributed by atoms with van der Waals surface area (Å²) in [6, 6.07) is 1.18. The summed E-state index contributed by atoms with van der Waals surface area (Å²) in [4.78, 5) is 0. The van der Waals surface area contributed by atoms with Crippen LogP contribution in [0.4, 0.5) is 0 Å². The van der Waals surface area contributed by atoms with Crippen molar-refractivity contribution in [2.45, 2.75) is 53.1 Å². The van der Waals surface area contributed by atoms with Crippen molar-refractivity contribution in [3.63, 3.8) is 0 Å². The smallest absolute Gasteiger partial charge is 0.0343 e. The minimum Gasteiger partial charge on any atom is -0.281 e. The van der Waals surface area contributed by atoms with Crippen LogP contribution in [-0.2, 0) is 0 Å². The first kappa shape index (κ1) is 12.3. The lowest BCUT2D eigenvalue weighted by molar-refractivity contribution is 0.708. The van der Waals surface area contributed by atoms with E-state index in [0.717, 1.165) is 0 Å². The predicted octanol–water partition coefficient (Wildman–Crippen LogP) is 2.70. The van der Waals surface area contributed by atoms with Crippen molar-refractivity contribution in [2.24, 2.45) is 0 Å². The third kappa shape index (κ3) is 7.02. The van der Waals surface area contributed by atoms with Gasteiger partial charge in [0.15, 0.2) is 0 Å². The topological polar surface area (TPSA) is 24.1 Å². The fourth-order valence-electron chi connectivity index (χ4n) is 1.01. The highest BCUT2D eigenvalue weighted by Gasteiger charge is 2.08. The molecule has 74 valence electrons. The Labute approximate surface area is 78.4 Å². The van der Waals surface area contributed by atoms with Crippen LogP contribution in [-0.4, -0.2) is 18.2 Å². The first-order valence-corrected chi connectivity index (χ1v) is 6.38. The molecular formula is C9H23N2P. The summed E-state index contributed by atoms with van der Waals surface area (Å²) in [6.45, 7) is 11.0. The zero-order valence-corrected chi connectivity index (χ0v) is 9.91. The van der Waals surface area contributed by atoms with Gasteiger partial charge >= 0.3 is 0 Å². The fourth-order valence-corrected chi connectivity index (χ4v) is 3.04. The molecule has 0 spiro atoms. The summed E-state index contributed by atoms with van der Waals surface area (Å²) in [7, 11) is -0.140. The van der Waals surface area contributed by atoms with E-state index >= 15 is 0 Å². The van der Waals surface area contributed by atoms with Crippen LogP contribution in [0.5, 0.6) is 0 Å². The largest absolute Gasteiger partial charge is 0.281 e. The minimum absolute atomic E-state index is 0.140. The Bertz CT molecular complexity index is 94.7. The van der Waals surface area contributed by atoms with Crippen molar-refractivity contribution >= 4 is 8.22 Å². The van der Waals surface area contributed by atoms with Gasteiger partial charge in [0, 0.05) is 20.3 Å². The van der Waals surface area contributed by atoms with E-state index in [1.54, 1.807) is 0 Å². The van der Waals surface area contributed by atoms with E-state index in [0.29, 0.717) is 12.1 Å². The third-order valence-electron chi connectivity index (χ3n) is 1.28. The zero-order chi connectivity index (χ0) is 9.56. The summed E-state index contributed by atoms with van der Waals surface area (Å²) in [5.41, 5.74) is 0. The van der Waals surface area contributed by atoms with Gasteiger partial charge in [0.1, 0.15) is 0 Å². The van der Waals surface area contributed by atoms with Gasteiger partial charge in [-0.15, -0.1) is 0 Å². The lowest BCUT2D eigenvalue weighted by Crippen LogP contribution is -2.29. The van der Waals surface area contributed by atoms with Gasteiger partial charge in [0.05, 0.1) is 0 Å². The summed E-state index contributed by atoms with van der Waals surface area (Å²) in [5, 5.41) is 7.13. The molecule has 0 aliphatic heterocycles. The van der Waals surface area contributed by atoms with Gasteiger partial charge in [-0.1, -0.05) is 6.92 Å². The summed E-state index contributed by atoms with van der Waals surface area (Å²) in [6.07, 6.45) is 2.52. The Balaban J connectivity index is 3.69. The summed E-state index contributed by atoms with van der Waals surface area (Å²) in [5.74, 6) is 0. The maximum Gasteiger partial charge on any atom is 0.0343 e. The van der Waals surface area contributed by atoms with E-state index < -0.39 is 0 Å². The Morgan fingerprint density at radius 3 is 1.67 bits per heavy atom. The molecule has 0 atom stereocenters. The molecule has 0 aliphatic rings. The number of hydrogen-bond acceptors (Lipinski definition) is 2. The van der Waals surface area contributed by atoms with E-state index in [-0.39, 0.29) is 8.22 Å². The SMILES string of the molecule is CCCP(NC(C)C)NC(C)C. The van der Waals surface area contributed by atoms with Gasteiger partial charge in [0.2, 0.25) is 0 Å². The lowest BCUT2D eigenvalue weighted by Gasteiger charge is -2.23. The van der Waals surface area contributed by atoms with E-state index in [4.69, 9.17) is 0 Å². The first-order chi connectivity index (χ1) is 5.56. The van der Waals surface area contributed by atoms with Crippen molar-refractivity contribution in [1.29, 1.82) is 0 Å². The third-order valence-corrected chi connectivity index (χ3v) is 3.83. The van der Waals surface area contributed by atoms with Crippen molar-refractivity contribution in [1.82, 2.24) is 10.2 Å². The number of nitrogens with one attached hydrogen (secondary N) is 2. The molecule has 2 N–H and O–H groups in total. The quantitative estimate of drug-likeness (QED) is 0.629. The Morgan fingerprint density at radius 2 is 1.42 bits per heavy atom. The zero-order valence-electron chi connectivity index (χ0n) is 9.02. The molecule has 0 aromatic carbocycles. The van der Waals surface area contributed by atoms with Gasteiger partial charge in [0.25, 0.3) is 0 Å². The molecule has 0 bridgehead atoms. The Kier molecular flexibility index (Phi) is 7.02. The number of hydrogen-bond donors (Lipinski definition) is 2. The van der Waals surface area contributed by atoms with Crippen molar-refractivity contribution in [2.75, 3.05) is 6.16 Å². The maximum absolute atomic E-state index is 3.57. The summed E-state index contributed by atoms with van der Waals surface area (Å²) >= 11 is 0. The standard InChI is InChI=1S/C9H23N2P/c1-6-7-12(10-8(2)3)11-9(4)5/h8-11H,6-7H2,1-5H3. The van der Waals surface area contributed by atoms with Crippen LogP contribution in [0.25, 0.3) is 0 Å². The van der Waals surface area contributed by atoms with Gasteiger partial charge in [-0.3, -0.25) is 10.2 Å². The van der Waals surface area contributed by atoms with E-state index in [2.05, 4.69) is 44.8 Å². The van der Waals surface area contributed by atoms with E-state index in [9.17, 15) is 0 Å². The average Bonchev–Trinajstić information content (AvgIpc) is 1.84. The molecule has 0 aromatic heterocycles. The second-order valence-corrected chi connectivity index (χ2v) is 5.54. The van der Waals surface area contributed by atoms with Gasteiger partial charge in [-0.05, 0) is 40.3 Å². The monoisotopic (exact) mass is 190 g/mol. The maximum atomic E-state index is 3.57.